The van der Waals surface area contributed by atoms with Gasteiger partial charge in [0, 0.05) is 12.6 Å². The highest BCUT2D eigenvalue weighted by Crippen LogP contribution is 2.53. The summed E-state index contributed by atoms with van der Waals surface area (Å²) in [5, 5.41) is 0. The third-order valence-corrected chi connectivity index (χ3v) is 3.97. The van der Waals surface area contributed by atoms with E-state index in [4.69, 9.17) is 0 Å². The highest BCUT2D eigenvalue weighted by molar-refractivity contribution is 5.01. The monoisotopic (exact) mass is 167 g/mol. The summed E-state index contributed by atoms with van der Waals surface area (Å²) in [6.45, 7) is 9.81. The van der Waals surface area contributed by atoms with E-state index in [1.165, 1.54) is 32.4 Å². The molecule has 2 fully saturated rings. The lowest BCUT2D eigenvalue weighted by Crippen LogP contribution is -2.34. The molecule has 0 bridgehead atoms. The minimum absolute atomic E-state index is 0.796. The van der Waals surface area contributed by atoms with E-state index in [-0.39, 0.29) is 0 Å². The van der Waals surface area contributed by atoms with E-state index in [0.717, 1.165) is 17.4 Å². The van der Waals surface area contributed by atoms with E-state index in [1.807, 2.05) is 0 Å². The zero-order chi connectivity index (χ0) is 8.77. The van der Waals surface area contributed by atoms with Gasteiger partial charge >= 0.3 is 0 Å². The Bertz CT molecular complexity index is 170. The molecule has 0 amide bonds. The van der Waals surface area contributed by atoms with Gasteiger partial charge in [0.25, 0.3) is 0 Å². The van der Waals surface area contributed by atoms with Crippen molar-refractivity contribution >= 4 is 0 Å². The van der Waals surface area contributed by atoms with Crippen molar-refractivity contribution in [2.45, 2.75) is 46.1 Å². The molecule has 0 aromatic carbocycles. The van der Waals surface area contributed by atoms with Gasteiger partial charge in [0.1, 0.15) is 0 Å². The largest absolute Gasteiger partial charge is 0.300 e. The fraction of sp³-hybridized carbons (Fsp3) is 1.00. The Morgan fingerprint density at radius 2 is 1.75 bits per heavy atom. The van der Waals surface area contributed by atoms with E-state index in [2.05, 4.69) is 25.7 Å². The summed E-state index contributed by atoms with van der Waals surface area (Å²) in [4.78, 5) is 2.69. The highest BCUT2D eigenvalue weighted by atomic mass is 15.2. The SMILES string of the molecule is CC(C)[C@@H](C)N1CCC2(CC2)C1. The molecule has 1 heterocycles. The third-order valence-electron chi connectivity index (χ3n) is 3.97. The molecule has 1 aliphatic carbocycles. The summed E-state index contributed by atoms with van der Waals surface area (Å²) in [6, 6.07) is 0.796. The van der Waals surface area contributed by atoms with Gasteiger partial charge in [-0.05, 0) is 44.1 Å². The first-order valence-electron chi connectivity index (χ1n) is 5.37. The molecule has 1 spiro atoms. The number of nitrogens with zero attached hydrogens (tertiary/aromatic N) is 1. The molecule has 70 valence electrons. The van der Waals surface area contributed by atoms with Gasteiger partial charge in [-0.3, -0.25) is 4.90 Å². The first-order valence-corrected chi connectivity index (χ1v) is 5.37. The maximum atomic E-state index is 2.69. The molecule has 0 unspecified atom stereocenters. The maximum absolute atomic E-state index is 2.69. The van der Waals surface area contributed by atoms with Crippen LogP contribution in [0.5, 0.6) is 0 Å². The fourth-order valence-corrected chi connectivity index (χ4v) is 2.32. The van der Waals surface area contributed by atoms with Crippen molar-refractivity contribution in [3.05, 3.63) is 0 Å². The third kappa shape index (κ3) is 1.39. The van der Waals surface area contributed by atoms with Gasteiger partial charge in [-0.2, -0.15) is 0 Å². The van der Waals surface area contributed by atoms with Gasteiger partial charge in [-0.15, -0.1) is 0 Å². The minimum Gasteiger partial charge on any atom is -0.300 e. The number of rotatable bonds is 2. The van der Waals surface area contributed by atoms with Crippen molar-refractivity contribution in [2.75, 3.05) is 13.1 Å². The van der Waals surface area contributed by atoms with Gasteiger partial charge in [0.2, 0.25) is 0 Å². The van der Waals surface area contributed by atoms with E-state index in [9.17, 15) is 0 Å². The minimum atomic E-state index is 0.796. The van der Waals surface area contributed by atoms with Gasteiger partial charge in [-0.1, -0.05) is 13.8 Å². The summed E-state index contributed by atoms with van der Waals surface area (Å²) in [5.41, 5.74) is 0.809. The van der Waals surface area contributed by atoms with E-state index < -0.39 is 0 Å². The molecule has 1 saturated carbocycles. The van der Waals surface area contributed by atoms with Crippen molar-refractivity contribution in [3.63, 3.8) is 0 Å². The molecule has 0 aromatic heterocycles. The van der Waals surface area contributed by atoms with Crippen LogP contribution >= 0.6 is 0 Å². The predicted octanol–water partition coefficient (Wildman–Crippen LogP) is 2.52. The van der Waals surface area contributed by atoms with Crippen LogP contribution < -0.4 is 0 Å². The average Bonchev–Trinajstić information content (AvgIpc) is 2.61. The maximum Gasteiger partial charge on any atom is 0.00901 e. The number of hydrogen-bond donors (Lipinski definition) is 0. The van der Waals surface area contributed by atoms with Gasteiger partial charge in [0.15, 0.2) is 0 Å². The number of hydrogen-bond acceptors (Lipinski definition) is 1. The summed E-state index contributed by atoms with van der Waals surface area (Å²) in [6.07, 6.45) is 4.49. The number of likely N-dealkylation sites (tertiary alicyclic amines) is 1. The molecule has 1 nitrogen and oxygen atoms in total. The molecule has 1 atom stereocenters. The van der Waals surface area contributed by atoms with E-state index in [0.29, 0.717) is 0 Å². The van der Waals surface area contributed by atoms with Crippen molar-refractivity contribution in [1.29, 1.82) is 0 Å². The quantitative estimate of drug-likeness (QED) is 0.611. The van der Waals surface area contributed by atoms with Gasteiger partial charge in [0.05, 0.1) is 0 Å². The van der Waals surface area contributed by atoms with Crippen molar-refractivity contribution < 1.29 is 0 Å². The van der Waals surface area contributed by atoms with Crippen LogP contribution in [-0.4, -0.2) is 24.0 Å². The van der Waals surface area contributed by atoms with Crippen LogP contribution in [0.25, 0.3) is 0 Å². The first-order chi connectivity index (χ1) is 5.63. The Labute approximate surface area is 76.1 Å². The van der Waals surface area contributed by atoms with Gasteiger partial charge < -0.3 is 0 Å². The Morgan fingerprint density at radius 1 is 1.08 bits per heavy atom. The topological polar surface area (TPSA) is 3.24 Å². The standard InChI is InChI=1S/C11H21N/c1-9(2)10(3)12-7-6-11(8-12)4-5-11/h9-10H,4-8H2,1-3H3/t10-/m1/s1. The molecule has 12 heavy (non-hydrogen) atoms. The van der Waals surface area contributed by atoms with Crippen molar-refractivity contribution in [2.24, 2.45) is 11.3 Å². The molecular formula is C11H21N. The molecule has 2 rings (SSSR count). The molecular weight excluding hydrogens is 146 g/mol. The first kappa shape index (κ1) is 8.55. The Balaban J connectivity index is 1.90. The summed E-state index contributed by atoms with van der Waals surface area (Å²) in [7, 11) is 0. The molecule has 0 radical (unpaired) electrons. The fourth-order valence-electron chi connectivity index (χ4n) is 2.32. The zero-order valence-corrected chi connectivity index (χ0v) is 8.64. The second-order valence-electron chi connectivity index (χ2n) is 5.21. The average molecular weight is 167 g/mol. The zero-order valence-electron chi connectivity index (χ0n) is 8.64. The van der Waals surface area contributed by atoms with Gasteiger partial charge in [-0.25, -0.2) is 0 Å². The Kier molecular flexibility index (Phi) is 1.95. The van der Waals surface area contributed by atoms with Crippen molar-refractivity contribution in [1.82, 2.24) is 4.90 Å². The van der Waals surface area contributed by atoms with Crippen LogP contribution in [-0.2, 0) is 0 Å². The second-order valence-corrected chi connectivity index (χ2v) is 5.21. The van der Waals surface area contributed by atoms with Crippen LogP contribution in [0.4, 0.5) is 0 Å². The summed E-state index contributed by atoms with van der Waals surface area (Å²) < 4.78 is 0. The van der Waals surface area contributed by atoms with Crippen molar-refractivity contribution in [3.8, 4) is 0 Å². The smallest absolute Gasteiger partial charge is 0.00901 e. The van der Waals surface area contributed by atoms with Crippen LogP contribution in [0.1, 0.15) is 40.0 Å². The van der Waals surface area contributed by atoms with E-state index in [1.54, 1.807) is 0 Å². The molecule has 0 aromatic rings. The molecule has 0 N–H and O–H groups in total. The van der Waals surface area contributed by atoms with Crippen LogP contribution in [0.15, 0.2) is 0 Å². The lowest BCUT2D eigenvalue weighted by molar-refractivity contribution is 0.198. The molecule has 1 heteroatoms. The molecule has 2 aliphatic rings. The Hall–Kier alpha value is -0.0400. The van der Waals surface area contributed by atoms with Crippen LogP contribution in [0.3, 0.4) is 0 Å². The second kappa shape index (κ2) is 2.73. The lowest BCUT2D eigenvalue weighted by atomic mass is 10.0. The highest BCUT2D eigenvalue weighted by Gasteiger charge is 2.48. The predicted molar refractivity (Wildman–Crippen MR) is 52.2 cm³/mol. The van der Waals surface area contributed by atoms with Crippen LogP contribution in [0.2, 0.25) is 0 Å². The summed E-state index contributed by atoms with van der Waals surface area (Å²) >= 11 is 0. The molecule has 1 saturated heterocycles. The van der Waals surface area contributed by atoms with Crippen LogP contribution in [0, 0.1) is 11.3 Å². The normalized spacial score (nSPS) is 30.0. The Morgan fingerprint density at radius 3 is 2.17 bits per heavy atom. The lowest BCUT2D eigenvalue weighted by Gasteiger charge is -2.27. The summed E-state index contributed by atoms with van der Waals surface area (Å²) in [5.74, 6) is 0.818. The van der Waals surface area contributed by atoms with E-state index >= 15 is 0 Å². The molecule has 1 aliphatic heterocycles.